The Kier molecular flexibility index (Phi) is 4.11. The van der Waals surface area contributed by atoms with Gasteiger partial charge in [-0.1, -0.05) is 55.1 Å². The minimum absolute atomic E-state index is 0.00931. The van der Waals surface area contributed by atoms with Gasteiger partial charge in [-0.05, 0) is 17.7 Å². The molecule has 0 aromatic heterocycles. The van der Waals surface area contributed by atoms with E-state index in [4.69, 9.17) is 4.74 Å². The Hall–Kier alpha value is -2.39. The molecule has 2 aromatic rings. The van der Waals surface area contributed by atoms with E-state index in [1.165, 1.54) is 0 Å². The van der Waals surface area contributed by atoms with Gasteiger partial charge in [0.15, 0.2) is 0 Å². The number of carbonyl (C=O) groups is 1. The monoisotopic (exact) mass is 254 g/mol. The van der Waals surface area contributed by atoms with Crippen molar-refractivity contribution in [2.45, 2.75) is 6.10 Å². The van der Waals surface area contributed by atoms with Crippen molar-refractivity contribution in [3.63, 3.8) is 0 Å². The summed E-state index contributed by atoms with van der Waals surface area (Å²) in [4.78, 5) is 11.8. The van der Waals surface area contributed by atoms with E-state index in [1.807, 2.05) is 12.1 Å². The van der Waals surface area contributed by atoms with E-state index < -0.39 is 12.1 Å². The molecule has 0 amide bonds. The summed E-state index contributed by atoms with van der Waals surface area (Å²) in [6.07, 6.45) is -1.06. The molecule has 0 heterocycles. The molecule has 0 aliphatic heterocycles. The molecule has 0 fully saturated rings. The summed E-state index contributed by atoms with van der Waals surface area (Å²) >= 11 is 0. The van der Waals surface area contributed by atoms with Gasteiger partial charge in [-0.15, -0.1) is 0 Å². The zero-order valence-corrected chi connectivity index (χ0v) is 10.3. The maximum atomic E-state index is 11.8. The number of para-hydroxylation sites is 1. The lowest BCUT2D eigenvalue weighted by Crippen LogP contribution is -2.16. The lowest BCUT2D eigenvalue weighted by molar-refractivity contribution is -0.131. The third-order valence-electron chi connectivity index (χ3n) is 2.66. The molecule has 19 heavy (non-hydrogen) atoms. The van der Waals surface area contributed by atoms with Gasteiger partial charge in [0.2, 0.25) is 0 Å². The second-order valence-electron chi connectivity index (χ2n) is 4.04. The second-order valence-corrected chi connectivity index (χ2v) is 4.04. The maximum Gasteiger partial charge on any atom is 0.341 e. The number of benzene rings is 2. The average molecular weight is 254 g/mol. The molecule has 3 heteroatoms. The van der Waals surface area contributed by atoms with Crippen molar-refractivity contribution < 1.29 is 14.6 Å². The van der Waals surface area contributed by atoms with Gasteiger partial charge in [-0.2, -0.15) is 0 Å². The number of hydrogen-bond acceptors (Lipinski definition) is 3. The second kappa shape index (κ2) is 5.98. The Bertz CT molecular complexity index is 561. The lowest BCUT2D eigenvalue weighted by Gasteiger charge is -2.13. The van der Waals surface area contributed by atoms with E-state index in [1.54, 1.807) is 48.5 Å². The van der Waals surface area contributed by atoms with Crippen molar-refractivity contribution in [3.05, 3.63) is 78.4 Å². The third-order valence-corrected chi connectivity index (χ3v) is 2.66. The van der Waals surface area contributed by atoms with Crippen molar-refractivity contribution in [1.29, 1.82) is 0 Å². The minimum atomic E-state index is -1.06. The summed E-state index contributed by atoms with van der Waals surface area (Å²) in [5.41, 5.74) is 0.618. The van der Waals surface area contributed by atoms with Gasteiger partial charge < -0.3 is 9.84 Å². The highest BCUT2D eigenvalue weighted by molar-refractivity contribution is 5.90. The molecule has 2 rings (SSSR count). The Balaban J connectivity index is 2.06. The number of esters is 1. The van der Waals surface area contributed by atoms with Gasteiger partial charge in [0.05, 0.1) is 5.57 Å². The van der Waals surface area contributed by atoms with Crippen LogP contribution in [0.25, 0.3) is 0 Å². The predicted octanol–water partition coefficient (Wildman–Crippen LogP) is 2.88. The van der Waals surface area contributed by atoms with Crippen LogP contribution in [0.4, 0.5) is 0 Å². The highest BCUT2D eigenvalue weighted by Gasteiger charge is 2.19. The molecular weight excluding hydrogens is 240 g/mol. The van der Waals surface area contributed by atoms with E-state index in [-0.39, 0.29) is 5.57 Å². The lowest BCUT2D eigenvalue weighted by atomic mass is 10.0. The fourth-order valence-corrected chi connectivity index (χ4v) is 1.61. The first-order valence-corrected chi connectivity index (χ1v) is 5.87. The number of rotatable bonds is 4. The average Bonchev–Trinajstić information content (AvgIpc) is 2.47. The number of aliphatic hydroxyl groups excluding tert-OH is 1. The minimum Gasteiger partial charge on any atom is -0.423 e. The molecule has 96 valence electrons. The Morgan fingerprint density at radius 3 is 2.11 bits per heavy atom. The van der Waals surface area contributed by atoms with Crippen LogP contribution in [0, 0.1) is 0 Å². The smallest absolute Gasteiger partial charge is 0.341 e. The van der Waals surface area contributed by atoms with Gasteiger partial charge in [0, 0.05) is 0 Å². The topological polar surface area (TPSA) is 46.5 Å². The van der Waals surface area contributed by atoms with Gasteiger partial charge >= 0.3 is 5.97 Å². The normalized spacial score (nSPS) is 11.6. The molecule has 0 saturated carbocycles. The molecule has 3 nitrogen and oxygen atoms in total. The fourth-order valence-electron chi connectivity index (χ4n) is 1.61. The Morgan fingerprint density at radius 2 is 1.53 bits per heavy atom. The molecular formula is C16H14O3. The molecule has 0 radical (unpaired) electrons. The van der Waals surface area contributed by atoms with Gasteiger partial charge in [0.1, 0.15) is 11.9 Å². The highest BCUT2D eigenvalue weighted by atomic mass is 16.5. The summed E-state index contributed by atoms with van der Waals surface area (Å²) in [5, 5.41) is 10.0. The zero-order chi connectivity index (χ0) is 13.7. The molecule has 1 N–H and O–H groups in total. The Morgan fingerprint density at radius 1 is 1.00 bits per heavy atom. The first kappa shape index (κ1) is 13.1. The van der Waals surface area contributed by atoms with Crippen LogP contribution in [0.1, 0.15) is 11.7 Å². The summed E-state index contributed by atoms with van der Waals surface area (Å²) in [6, 6.07) is 17.5. The molecule has 1 atom stereocenters. The maximum absolute atomic E-state index is 11.8. The zero-order valence-electron chi connectivity index (χ0n) is 10.3. The molecule has 0 aliphatic carbocycles. The van der Waals surface area contributed by atoms with Gasteiger partial charge in [-0.25, -0.2) is 4.79 Å². The predicted molar refractivity (Wildman–Crippen MR) is 72.6 cm³/mol. The van der Waals surface area contributed by atoms with E-state index in [0.717, 1.165) is 0 Å². The van der Waals surface area contributed by atoms with Crippen LogP contribution < -0.4 is 4.74 Å². The Labute approximate surface area is 111 Å². The highest BCUT2D eigenvalue weighted by Crippen LogP contribution is 2.21. The van der Waals surface area contributed by atoms with E-state index in [0.29, 0.717) is 11.3 Å². The molecule has 0 bridgehead atoms. The molecule has 2 aromatic carbocycles. The summed E-state index contributed by atoms with van der Waals surface area (Å²) in [5.74, 6) is -0.212. The van der Waals surface area contributed by atoms with Gasteiger partial charge in [-0.3, -0.25) is 0 Å². The van der Waals surface area contributed by atoms with Crippen molar-refractivity contribution in [1.82, 2.24) is 0 Å². The van der Waals surface area contributed by atoms with Crippen molar-refractivity contribution in [2.24, 2.45) is 0 Å². The number of hydrogen-bond donors (Lipinski definition) is 1. The van der Waals surface area contributed by atoms with E-state index >= 15 is 0 Å². The van der Waals surface area contributed by atoms with Crippen LogP contribution in [0.15, 0.2) is 72.8 Å². The van der Waals surface area contributed by atoms with Crippen LogP contribution in [0.3, 0.4) is 0 Å². The quantitative estimate of drug-likeness (QED) is 0.518. The third kappa shape index (κ3) is 3.30. The van der Waals surface area contributed by atoms with Crippen LogP contribution in [0.2, 0.25) is 0 Å². The van der Waals surface area contributed by atoms with Crippen LogP contribution >= 0.6 is 0 Å². The molecule has 0 spiro atoms. The first-order chi connectivity index (χ1) is 9.18. The number of carbonyl (C=O) groups excluding carboxylic acids is 1. The summed E-state index contributed by atoms with van der Waals surface area (Å²) < 4.78 is 5.12. The summed E-state index contributed by atoms with van der Waals surface area (Å²) in [6.45, 7) is 3.60. The number of ether oxygens (including phenoxy) is 1. The molecule has 0 aliphatic rings. The number of aliphatic hydroxyl groups is 1. The van der Waals surface area contributed by atoms with Crippen LogP contribution in [-0.4, -0.2) is 11.1 Å². The standard InChI is InChI=1S/C16H14O3/c1-12(15(17)13-8-4-2-5-9-13)16(18)19-14-10-6-3-7-11-14/h2-11,15,17H,1H2/t15-/m0/s1. The summed E-state index contributed by atoms with van der Waals surface area (Å²) in [7, 11) is 0. The van der Waals surface area contributed by atoms with E-state index in [2.05, 4.69) is 6.58 Å². The van der Waals surface area contributed by atoms with Gasteiger partial charge in [0.25, 0.3) is 0 Å². The van der Waals surface area contributed by atoms with Crippen molar-refractivity contribution >= 4 is 5.97 Å². The van der Waals surface area contributed by atoms with Crippen molar-refractivity contribution in [2.75, 3.05) is 0 Å². The van der Waals surface area contributed by atoms with Crippen LogP contribution in [-0.2, 0) is 4.79 Å². The largest absolute Gasteiger partial charge is 0.423 e. The fraction of sp³-hybridized carbons (Fsp3) is 0.0625. The molecule has 0 unspecified atom stereocenters. The van der Waals surface area contributed by atoms with Crippen LogP contribution in [0.5, 0.6) is 5.75 Å². The van der Waals surface area contributed by atoms with E-state index in [9.17, 15) is 9.90 Å². The SMILES string of the molecule is C=C(C(=O)Oc1ccccc1)[C@H](O)c1ccccc1. The van der Waals surface area contributed by atoms with Crippen molar-refractivity contribution in [3.8, 4) is 5.75 Å². The first-order valence-electron chi connectivity index (χ1n) is 5.87. The molecule has 0 saturated heterocycles.